The lowest BCUT2D eigenvalue weighted by atomic mass is 9.99. The van der Waals surface area contributed by atoms with Gasteiger partial charge in [0.2, 0.25) is 5.91 Å². The molecule has 1 aliphatic heterocycles. The van der Waals surface area contributed by atoms with Gasteiger partial charge in [-0.2, -0.15) is 11.8 Å². The van der Waals surface area contributed by atoms with Gasteiger partial charge in [-0.05, 0) is 55.9 Å². The minimum atomic E-state index is -1.07. The molecule has 3 amide bonds. The summed E-state index contributed by atoms with van der Waals surface area (Å²) in [6.07, 6.45) is 4.23. The summed E-state index contributed by atoms with van der Waals surface area (Å²) in [6.45, 7) is 6.00. The molecule has 8 heteroatoms. The minimum absolute atomic E-state index is 0.000664. The molecule has 1 aromatic carbocycles. The monoisotopic (exact) mass is 421 g/mol. The van der Waals surface area contributed by atoms with Crippen LogP contribution in [0.4, 0.5) is 11.4 Å². The van der Waals surface area contributed by atoms with E-state index in [1.54, 1.807) is 35.7 Å². The number of hydrogen-bond donors (Lipinski definition) is 3. The zero-order chi connectivity index (χ0) is 21.6. The van der Waals surface area contributed by atoms with E-state index in [4.69, 9.17) is 0 Å². The van der Waals surface area contributed by atoms with Crippen LogP contribution < -0.4 is 15.5 Å². The van der Waals surface area contributed by atoms with Crippen molar-refractivity contribution in [3.05, 3.63) is 23.8 Å². The smallest absolute Gasteiger partial charge is 0.313 e. The normalized spacial score (nSPS) is 15.4. The quantitative estimate of drug-likeness (QED) is 0.586. The molecule has 0 spiro atoms. The summed E-state index contributed by atoms with van der Waals surface area (Å²) in [7, 11) is 0. The number of benzene rings is 1. The van der Waals surface area contributed by atoms with E-state index in [-0.39, 0.29) is 18.4 Å². The van der Waals surface area contributed by atoms with E-state index in [0.717, 1.165) is 29.8 Å². The number of amides is 3. The molecule has 7 nitrogen and oxygen atoms in total. The molecule has 0 saturated carbocycles. The van der Waals surface area contributed by atoms with Crippen LogP contribution in [0.15, 0.2) is 18.2 Å². The molecule has 0 bridgehead atoms. The fraction of sp³-hybridized carbons (Fsp3) is 0.571. The molecule has 0 aromatic heterocycles. The summed E-state index contributed by atoms with van der Waals surface area (Å²) in [6, 6.07) is 5.37. The number of aryl methyl sites for hydroxylation is 1. The Kier molecular flexibility index (Phi) is 8.10. The van der Waals surface area contributed by atoms with Crippen LogP contribution in [-0.4, -0.2) is 53.5 Å². The van der Waals surface area contributed by atoms with Crippen molar-refractivity contribution in [3.63, 3.8) is 0 Å². The third-order valence-electron chi connectivity index (χ3n) is 4.90. The van der Waals surface area contributed by atoms with Crippen LogP contribution in [-0.2, 0) is 20.8 Å². The molecule has 1 atom stereocenters. The molecule has 0 saturated heterocycles. The van der Waals surface area contributed by atoms with E-state index in [9.17, 15) is 19.5 Å². The van der Waals surface area contributed by atoms with E-state index >= 15 is 0 Å². The highest BCUT2D eigenvalue weighted by molar-refractivity contribution is 7.98. The fourth-order valence-electron chi connectivity index (χ4n) is 3.14. The summed E-state index contributed by atoms with van der Waals surface area (Å²) in [5.41, 5.74) is 1.23. The molecule has 0 aliphatic carbocycles. The van der Waals surface area contributed by atoms with Crippen molar-refractivity contribution >= 4 is 40.9 Å². The lowest BCUT2D eigenvalue weighted by Crippen LogP contribution is -2.45. The molecule has 1 heterocycles. The van der Waals surface area contributed by atoms with Crippen LogP contribution in [0.1, 0.15) is 39.2 Å². The van der Waals surface area contributed by atoms with Gasteiger partial charge in [0, 0.05) is 30.4 Å². The average Bonchev–Trinajstić information content (AvgIpc) is 2.69. The number of fused-ring (bicyclic) bond motifs is 1. The molecule has 29 heavy (non-hydrogen) atoms. The standard InChI is InChI=1S/C21H31N3O4S/c1-14(2)20(27)24-10-5-6-15-7-8-16(12-17(15)24)23-19(26)18(25)22-13-21(3,28)9-11-29-4/h7-8,12,14,28H,5-6,9-11,13H2,1-4H3,(H,22,25)(H,23,26). The Labute approximate surface area is 176 Å². The second-order valence-corrected chi connectivity index (χ2v) is 8.95. The highest BCUT2D eigenvalue weighted by Crippen LogP contribution is 2.31. The van der Waals surface area contributed by atoms with Crippen LogP contribution in [0.3, 0.4) is 0 Å². The van der Waals surface area contributed by atoms with Gasteiger partial charge >= 0.3 is 11.8 Å². The van der Waals surface area contributed by atoms with E-state index in [1.807, 2.05) is 26.2 Å². The maximum atomic E-state index is 12.5. The van der Waals surface area contributed by atoms with Crippen molar-refractivity contribution in [1.82, 2.24) is 5.32 Å². The fourth-order valence-corrected chi connectivity index (χ4v) is 3.79. The molecule has 1 aromatic rings. The number of rotatable bonds is 7. The van der Waals surface area contributed by atoms with Crippen molar-refractivity contribution in [3.8, 4) is 0 Å². The van der Waals surface area contributed by atoms with Gasteiger partial charge in [-0.3, -0.25) is 14.4 Å². The summed E-state index contributed by atoms with van der Waals surface area (Å²) in [5.74, 6) is -0.926. The van der Waals surface area contributed by atoms with Gasteiger partial charge < -0.3 is 20.6 Å². The van der Waals surface area contributed by atoms with Crippen LogP contribution in [0, 0.1) is 5.92 Å². The minimum Gasteiger partial charge on any atom is -0.388 e. The Bertz CT molecular complexity index is 764. The summed E-state index contributed by atoms with van der Waals surface area (Å²) < 4.78 is 0. The molecule has 1 aliphatic rings. The van der Waals surface area contributed by atoms with E-state index < -0.39 is 17.4 Å². The first-order valence-electron chi connectivity index (χ1n) is 9.89. The number of nitrogens with zero attached hydrogens (tertiary/aromatic N) is 1. The first-order valence-corrected chi connectivity index (χ1v) is 11.3. The summed E-state index contributed by atoms with van der Waals surface area (Å²) in [4.78, 5) is 38.6. The second kappa shape index (κ2) is 10.1. The Morgan fingerprint density at radius 2 is 2.00 bits per heavy atom. The lowest BCUT2D eigenvalue weighted by molar-refractivity contribution is -0.136. The summed E-state index contributed by atoms with van der Waals surface area (Å²) >= 11 is 1.61. The largest absolute Gasteiger partial charge is 0.388 e. The Hall–Kier alpha value is -2.06. The Morgan fingerprint density at radius 1 is 1.28 bits per heavy atom. The topological polar surface area (TPSA) is 98.7 Å². The van der Waals surface area contributed by atoms with Crippen LogP contribution >= 0.6 is 11.8 Å². The summed E-state index contributed by atoms with van der Waals surface area (Å²) in [5, 5.41) is 15.3. The van der Waals surface area contributed by atoms with Crippen molar-refractivity contribution in [2.45, 2.75) is 45.6 Å². The van der Waals surface area contributed by atoms with Crippen LogP contribution in [0.25, 0.3) is 0 Å². The zero-order valence-corrected chi connectivity index (χ0v) is 18.4. The molecule has 0 radical (unpaired) electrons. The molecule has 0 fully saturated rings. The predicted octanol–water partition coefficient (Wildman–Crippen LogP) is 2.18. The SMILES string of the molecule is CSCCC(C)(O)CNC(=O)C(=O)Nc1ccc2c(c1)N(C(=O)C(C)C)CCC2. The highest BCUT2D eigenvalue weighted by Gasteiger charge is 2.26. The van der Waals surface area contributed by atoms with Crippen LogP contribution in [0.5, 0.6) is 0 Å². The van der Waals surface area contributed by atoms with Gasteiger partial charge in [0.05, 0.1) is 5.60 Å². The highest BCUT2D eigenvalue weighted by atomic mass is 32.2. The van der Waals surface area contributed by atoms with Gasteiger partial charge in [-0.25, -0.2) is 0 Å². The second-order valence-electron chi connectivity index (χ2n) is 7.97. The molecule has 160 valence electrons. The third kappa shape index (κ3) is 6.47. The molecule has 2 rings (SSSR count). The average molecular weight is 422 g/mol. The number of nitrogens with one attached hydrogen (secondary N) is 2. The maximum absolute atomic E-state index is 12.5. The van der Waals surface area contributed by atoms with E-state index in [2.05, 4.69) is 10.6 Å². The third-order valence-corrected chi connectivity index (χ3v) is 5.51. The lowest BCUT2D eigenvalue weighted by Gasteiger charge is -2.31. The Balaban J connectivity index is 2.03. The van der Waals surface area contributed by atoms with Gasteiger partial charge in [-0.1, -0.05) is 19.9 Å². The van der Waals surface area contributed by atoms with Gasteiger partial charge in [0.25, 0.3) is 0 Å². The van der Waals surface area contributed by atoms with E-state index in [0.29, 0.717) is 18.7 Å². The molecular weight excluding hydrogens is 390 g/mol. The maximum Gasteiger partial charge on any atom is 0.313 e. The number of hydrogen-bond acceptors (Lipinski definition) is 5. The van der Waals surface area contributed by atoms with Crippen molar-refractivity contribution in [1.29, 1.82) is 0 Å². The predicted molar refractivity (Wildman–Crippen MR) is 117 cm³/mol. The Morgan fingerprint density at radius 3 is 2.66 bits per heavy atom. The number of thioether (sulfide) groups is 1. The first kappa shape index (κ1) is 23.2. The number of carbonyl (C=O) groups is 3. The zero-order valence-electron chi connectivity index (χ0n) is 17.6. The van der Waals surface area contributed by atoms with E-state index in [1.165, 1.54) is 0 Å². The first-order chi connectivity index (χ1) is 13.6. The molecular formula is C21H31N3O4S. The number of anilines is 2. The van der Waals surface area contributed by atoms with Gasteiger partial charge in [-0.15, -0.1) is 0 Å². The van der Waals surface area contributed by atoms with Gasteiger partial charge in [0.1, 0.15) is 0 Å². The van der Waals surface area contributed by atoms with Crippen LogP contribution in [0.2, 0.25) is 0 Å². The van der Waals surface area contributed by atoms with Crippen molar-refractivity contribution < 1.29 is 19.5 Å². The molecule has 1 unspecified atom stereocenters. The number of aliphatic hydroxyl groups is 1. The molecule has 3 N–H and O–H groups in total. The van der Waals surface area contributed by atoms with Crippen molar-refractivity contribution in [2.75, 3.05) is 35.3 Å². The van der Waals surface area contributed by atoms with Gasteiger partial charge in [0.15, 0.2) is 0 Å². The van der Waals surface area contributed by atoms with Crippen molar-refractivity contribution in [2.24, 2.45) is 5.92 Å². The number of carbonyl (C=O) groups excluding carboxylic acids is 3.